The summed E-state index contributed by atoms with van der Waals surface area (Å²) >= 11 is 0. The molecule has 120 valence electrons. The number of rotatable bonds is 3. The predicted octanol–water partition coefficient (Wildman–Crippen LogP) is 3.21. The van der Waals surface area contributed by atoms with Gasteiger partial charge >= 0.3 is 0 Å². The van der Waals surface area contributed by atoms with Crippen molar-refractivity contribution >= 4 is 23.3 Å². The van der Waals surface area contributed by atoms with E-state index < -0.39 is 17.6 Å². The molecule has 2 aromatic rings. The van der Waals surface area contributed by atoms with E-state index in [4.69, 9.17) is 0 Å². The van der Waals surface area contributed by atoms with Crippen LogP contribution in [0.3, 0.4) is 0 Å². The first kappa shape index (κ1) is 15.8. The number of anilines is 1. The topological polar surface area (TPSA) is 54.5 Å². The zero-order chi connectivity index (χ0) is 17.3. The van der Waals surface area contributed by atoms with Gasteiger partial charge < -0.3 is 0 Å². The maximum atomic E-state index is 13.0. The van der Waals surface area contributed by atoms with E-state index in [0.29, 0.717) is 5.56 Å². The van der Waals surface area contributed by atoms with Crippen LogP contribution in [0.5, 0.6) is 0 Å². The second-order valence-electron chi connectivity index (χ2n) is 5.59. The molecule has 3 rings (SSSR count). The number of aryl methyl sites for hydroxylation is 1. The molecule has 2 aromatic carbocycles. The zero-order valence-electron chi connectivity index (χ0n) is 13.0. The van der Waals surface area contributed by atoms with Gasteiger partial charge in [-0.05, 0) is 37.3 Å². The molecule has 0 unspecified atom stereocenters. The molecule has 0 bridgehead atoms. The van der Waals surface area contributed by atoms with Crippen molar-refractivity contribution in [3.8, 4) is 0 Å². The molecule has 1 aliphatic heterocycles. The van der Waals surface area contributed by atoms with E-state index in [1.165, 1.54) is 30.3 Å². The van der Waals surface area contributed by atoms with E-state index in [2.05, 4.69) is 0 Å². The van der Waals surface area contributed by atoms with Gasteiger partial charge in [-0.1, -0.05) is 29.8 Å². The largest absolute Gasteiger partial charge is 0.289 e. The highest BCUT2D eigenvalue weighted by Gasteiger charge is 2.35. The van der Waals surface area contributed by atoms with Crippen LogP contribution in [0.1, 0.15) is 22.3 Å². The Kier molecular flexibility index (Phi) is 4.08. The first-order valence-electron chi connectivity index (χ1n) is 7.40. The number of carbonyl (C=O) groups is 3. The van der Waals surface area contributed by atoms with Crippen molar-refractivity contribution in [3.05, 3.63) is 77.1 Å². The van der Waals surface area contributed by atoms with E-state index in [0.717, 1.165) is 10.5 Å². The molecule has 0 radical (unpaired) electrons. The summed E-state index contributed by atoms with van der Waals surface area (Å²) in [5, 5.41) is 0. The Morgan fingerprint density at radius 1 is 1.04 bits per heavy atom. The molecule has 2 amide bonds. The van der Waals surface area contributed by atoms with Gasteiger partial charge in [0, 0.05) is 11.1 Å². The normalized spacial score (nSPS) is 16.1. The molecule has 0 N–H and O–H groups in total. The van der Waals surface area contributed by atoms with Crippen molar-refractivity contribution in [2.24, 2.45) is 0 Å². The van der Waals surface area contributed by atoms with Crippen molar-refractivity contribution in [2.45, 2.75) is 13.3 Å². The van der Waals surface area contributed by atoms with Gasteiger partial charge in [0.05, 0.1) is 12.1 Å². The molecule has 4 nitrogen and oxygen atoms in total. The van der Waals surface area contributed by atoms with Gasteiger partial charge in [-0.15, -0.1) is 0 Å². The lowest BCUT2D eigenvalue weighted by atomic mass is 10.1. The number of nitrogens with zero attached hydrogens (tertiary/aromatic N) is 1. The monoisotopic (exact) mass is 323 g/mol. The summed E-state index contributed by atoms with van der Waals surface area (Å²) < 4.78 is 13.0. The molecule has 0 spiro atoms. The van der Waals surface area contributed by atoms with Gasteiger partial charge in [-0.25, -0.2) is 9.29 Å². The summed E-state index contributed by atoms with van der Waals surface area (Å²) in [5.74, 6) is -1.77. The Balaban J connectivity index is 1.86. The number of hydrogen-bond donors (Lipinski definition) is 0. The molecule has 0 aliphatic carbocycles. The first-order chi connectivity index (χ1) is 11.5. The van der Waals surface area contributed by atoms with Crippen molar-refractivity contribution in [3.63, 3.8) is 0 Å². The standard InChI is InChI=1S/C19H14FNO3/c1-12-2-4-13(5-3-12)17(22)10-14-11-18(23)21(19(14)24)16-8-6-15(20)7-9-16/h2-10H,11H2,1H3. The van der Waals surface area contributed by atoms with E-state index in [1.54, 1.807) is 24.3 Å². The highest BCUT2D eigenvalue weighted by molar-refractivity contribution is 6.29. The zero-order valence-corrected chi connectivity index (χ0v) is 13.0. The second-order valence-corrected chi connectivity index (χ2v) is 5.59. The fraction of sp³-hybridized carbons (Fsp3) is 0.105. The number of halogens is 1. The van der Waals surface area contributed by atoms with Crippen LogP contribution < -0.4 is 4.90 Å². The summed E-state index contributed by atoms with van der Waals surface area (Å²) in [4.78, 5) is 37.7. The molecule has 1 heterocycles. The number of carbonyl (C=O) groups excluding carboxylic acids is 3. The van der Waals surface area contributed by atoms with Gasteiger partial charge in [0.15, 0.2) is 5.78 Å². The first-order valence-corrected chi connectivity index (χ1v) is 7.40. The Morgan fingerprint density at radius 3 is 2.29 bits per heavy atom. The average molecular weight is 323 g/mol. The third kappa shape index (κ3) is 3.01. The van der Waals surface area contributed by atoms with E-state index in [-0.39, 0.29) is 23.5 Å². The van der Waals surface area contributed by atoms with Crippen LogP contribution in [0.25, 0.3) is 0 Å². The van der Waals surface area contributed by atoms with E-state index in [9.17, 15) is 18.8 Å². The number of ketones is 1. The Hall–Kier alpha value is -3.08. The molecule has 1 aliphatic rings. The van der Waals surface area contributed by atoms with Crippen molar-refractivity contribution in [1.29, 1.82) is 0 Å². The molecule has 5 heteroatoms. The minimum absolute atomic E-state index is 0.134. The van der Waals surface area contributed by atoms with Gasteiger partial charge in [0.2, 0.25) is 5.91 Å². The molecule has 1 fully saturated rings. The second kappa shape index (κ2) is 6.20. The quantitative estimate of drug-likeness (QED) is 0.495. The Bertz CT molecular complexity index is 851. The number of hydrogen-bond acceptors (Lipinski definition) is 3. The lowest BCUT2D eigenvalue weighted by molar-refractivity contribution is -0.120. The summed E-state index contributed by atoms with van der Waals surface area (Å²) in [6.07, 6.45) is 1.06. The fourth-order valence-electron chi connectivity index (χ4n) is 2.50. The molecular formula is C19H14FNO3. The van der Waals surface area contributed by atoms with Gasteiger partial charge in [0.1, 0.15) is 5.82 Å². The predicted molar refractivity (Wildman–Crippen MR) is 87.1 cm³/mol. The molecule has 0 saturated carbocycles. The third-order valence-electron chi connectivity index (χ3n) is 3.80. The van der Waals surface area contributed by atoms with Gasteiger partial charge in [-0.2, -0.15) is 0 Å². The van der Waals surface area contributed by atoms with E-state index >= 15 is 0 Å². The summed E-state index contributed by atoms with van der Waals surface area (Å²) in [6, 6.07) is 12.0. The summed E-state index contributed by atoms with van der Waals surface area (Å²) in [6.45, 7) is 1.91. The van der Waals surface area contributed by atoms with Crippen LogP contribution in [0, 0.1) is 12.7 Å². The van der Waals surface area contributed by atoms with Crippen molar-refractivity contribution < 1.29 is 18.8 Å². The maximum absolute atomic E-state index is 13.0. The molecule has 1 saturated heterocycles. The van der Waals surface area contributed by atoms with Gasteiger partial charge in [0.25, 0.3) is 5.91 Å². The van der Waals surface area contributed by atoms with Crippen LogP contribution in [-0.4, -0.2) is 17.6 Å². The lowest BCUT2D eigenvalue weighted by Gasteiger charge is -2.13. The summed E-state index contributed by atoms with van der Waals surface area (Å²) in [5.41, 5.74) is 1.90. The third-order valence-corrected chi connectivity index (χ3v) is 3.80. The van der Waals surface area contributed by atoms with Gasteiger partial charge in [-0.3, -0.25) is 14.4 Å². The highest BCUT2D eigenvalue weighted by atomic mass is 19.1. The molecule has 24 heavy (non-hydrogen) atoms. The minimum Gasteiger partial charge on any atom is -0.289 e. The number of allylic oxidation sites excluding steroid dienone is 1. The Labute approximate surface area is 138 Å². The number of amides is 2. The fourth-order valence-corrected chi connectivity index (χ4v) is 2.50. The summed E-state index contributed by atoms with van der Waals surface area (Å²) in [7, 11) is 0. The van der Waals surface area contributed by atoms with Crippen molar-refractivity contribution in [2.75, 3.05) is 4.90 Å². The maximum Gasteiger partial charge on any atom is 0.261 e. The number of imide groups is 1. The smallest absolute Gasteiger partial charge is 0.261 e. The number of benzene rings is 2. The van der Waals surface area contributed by atoms with Crippen LogP contribution in [0.4, 0.5) is 10.1 Å². The molecule has 0 aromatic heterocycles. The Morgan fingerprint density at radius 2 is 1.67 bits per heavy atom. The SMILES string of the molecule is Cc1ccc(C(=O)C=C2CC(=O)N(c3ccc(F)cc3)C2=O)cc1. The van der Waals surface area contributed by atoms with Crippen LogP contribution >= 0.6 is 0 Å². The minimum atomic E-state index is -0.549. The van der Waals surface area contributed by atoms with Crippen LogP contribution in [-0.2, 0) is 9.59 Å². The van der Waals surface area contributed by atoms with Crippen LogP contribution in [0.2, 0.25) is 0 Å². The van der Waals surface area contributed by atoms with E-state index in [1.807, 2.05) is 6.92 Å². The molecule has 0 atom stereocenters. The van der Waals surface area contributed by atoms with Crippen LogP contribution in [0.15, 0.2) is 60.2 Å². The highest BCUT2D eigenvalue weighted by Crippen LogP contribution is 2.26. The molecular weight excluding hydrogens is 309 g/mol. The lowest BCUT2D eigenvalue weighted by Crippen LogP contribution is -2.28. The average Bonchev–Trinajstić information content (AvgIpc) is 2.83. The van der Waals surface area contributed by atoms with Crippen molar-refractivity contribution in [1.82, 2.24) is 0 Å².